The van der Waals surface area contributed by atoms with Crippen molar-refractivity contribution in [2.24, 2.45) is 0 Å². The smallest absolute Gasteiger partial charge is 0.409 e. The molecule has 1 aromatic carbocycles. The summed E-state index contributed by atoms with van der Waals surface area (Å²) in [5, 5.41) is 7.10. The number of nitrogens with zero attached hydrogens (tertiary/aromatic N) is 2. The van der Waals surface area contributed by atoms with Crippen molar-refractivity contribution >= 4 is 12.0 Å². The van der Waals surface area contributed by atoms with Gasteiger partial charge < -0.3 is 19.5 Å². The number of amides is 2. The third-order valence-corrected chi connectivity index (χ3v) is 4.49. The number of rotatable bonds is 4. The zero-order chi connectivity index (χ0) is 18.5. The van der Waals surface area contributed by atoms with Crippen molar-refractivity contribution in [2.45, 2.75) is 32.7 Å². The number of nitrogens with one attached hydrogen (secondary N) is 1. The number of aromatic nitrogens is 1. The van der Waals surface area contributed by atoms with Crippen LogP contribution < -0.4 is 5.32 Å². The van der Waals surface area contributed by atoms with Gasteiger partial charge in [0.2, 0.25) is 0 Å². The van der Waals surface area contributed by atoms with Gasteiger partial charge in [0.05, 0.1) is 6.61 Å². The molecule has 0 bridgehead atoms. The molecule has 1 fully saturated rings. The highest BCUT2D eigenvalue weighted by molar-refractivity contribution is 6.00. The normalized spacial score (nSPS) is 14.9. The largest absolute Gasteiger partial charge is 0.450 e. The maximum Gasteiger partial charge on any atom is 0.409 e. The molecule has 1 aliphatic heterocycles. The third kappa shape index (κ3) is 3.87. The van der Waals surface area contributed by atoms with E-state index >= 15 is 0 Å². The molecule has 0 atom stereocenters. The Morgan fingerprint density at radius 1 is 1.27 bits per heavy atom. The molecule has 0 unspecified atom stereocenters. The molecule has 2 amide bonds. The van der Waals surface area contributed by atoms with Crippen molar-refractivity contribution in [1.82, 2.24) is 15.4 Å². The van der Waals surface area contributed by atoms with Crippen molar-refractivity contribution in [1.29, 1.82) is 0 Å². The fourth-order valence-electron chi connectivity index (χ4n) is 3.11. The van der Waals surface area contributed by atoms with Crippen LogP contribution >= 0.6 is 0 Å². The molecule has 0 radical (unpaired) electrons. The molecule has 0 spiro atoms. The van der Waals surface area contributed by atoms with Gasteiger partial charge in [-0.2, -0.15) is 0 Å². The second-order valence-corrected chi connectivity index (χ2v) is 6.26. The molecular weight excluding hydrogens is 334 g/mol. The molecule has 1 aliphatic rings. The Morgan fingerprint density at radius 3 is 2.62 bits per heavy atom. The minimum absolute atomic E-state index is 0.00565. The summed E-state index contributed by atoms with van der Waals surface area (Å²) < 4.78 is 10.3. The Hall–Kier alpha value is -2.83. The van der Waals surface area contributed by atoms with Gasteiger partial charge in [-0.25, -0.2) is 4.79 Å². The third-order valence-electron chi connectivity index (χ3n) is 4.49. The maximum atomic E-state index is 12.8. The first-order valence-electron chi connectivity index (χ1n) is 8.84. The minimum Gasteiger partial charge on any atom is -0.450 e. The van der Waals surface area contributed by atoms with E-state index in [4.69, 9.17) is 9.26 Å². The van der Waals surface area contributed by atoms with E-state index in [-0.39, 0.29) is 18.0 Å². The first-order chi connectivity index (χ1) is 12.6. The van der Waals surface area contributed by atoms with Crippen molar-refractivity contribution in [3.8, 4) is 11.3 Å². The topological polar surface area (TPSA) is 84.7 Å². The first-order valence-corrected chi connectivity index (χ1v) is 8.84. The minimum atomic E-state index is -0.293. The van der Waals surface area contributed by atoms with Crippen molar-refractivity contribution in [3.63, 3.8) is 0 Å². The second-order valence-electron chi connectivity index (χ2n) is 6.26. The molecule has 138 valence electrons. The molecule has 0 aliphatic carbocycles. The summed E-state index contributed by atoms with van der Waals surface area (Å²) in [4.78, 5) is 26.2. The van der Waals surface area contributed by atoms with Crippen LogP contribution in [0.2, 0.25) is 0 Å². The summed E-state index contributed by atoms with van der Waals surface area (Å²) in [6.45, 7) is 5.02. The monoisotopic (exact) mass is 357 g/mol. The second kappa shape index (κ2) is 8.03. The Balaban J connectivity index is 1.65. The molecule has 2 aromatic rings. The molecule has 7 heteroatoms. The number of hydrogen-bond donors (Lipinski definition) is 1. The molecular formula is C19H23N3O4. The van der Waals surface area contributed by atoms with Crippen LogP contribution in [0.4, 0.5) is 4.79 Å². The van der Waals surface area contributed by atoms with E-state index in [1.165, 1.54) is 0 Å². The molecule has 26 heavy (non-hydrogen) atoms. The molecule has 1 aromatic heterocycles. The standard InChI is InChI=1S/C19H23N3O4/c1-3-25-19(24)22-11-9-15(10-12-22)20-18(23)16-13(2)26-21-17(16)14-7-5-4-6-8-14/h4-8,15H,3,9-12H2,1-2H3,(H,20,23). The highest BCUT2D eigenvalue weighted by Crippen LogP contribution is 2.25. The van der Waals surface area contributed by atoms with Gasteiger partial charge in [-0.05, 0) is 26.7 Å². The van der Waals surface area contributed by atoms with Gasteiger partial charge in [-0.3, -0.25) is 4.79 Å². The number of hydrogen-bond acceptors (Lipinski definition) is 5. The van der Waals surface area contributed by atoms with Crippen molar-refractivity contribution < 1.29 is 18.8 Å². The van der Waals surface area contributed by atoms with Crippen molar-refractivity contribution in [3.05, 3.63) is 41.7 Å². The fraction of sp³-hybridized carbons (Fsp3) is 0.421. The van der Waals surface area contributed by atoms with Gasteiger partial charge >= 0.3 is 6.09 Å². The van der Waals surface area contributed by atoms with E-state index in [1.54, 1.807) is 18.7 Å². The Kier molecular flexibility index (Phi) is 5.55. The number of carbonyl (C=O) groups excluding carboxylic acids is 2. The number of likely N-dealkylation sites (tertiary alicyclic amines) is 1. The van der Waals surface area contributed by atoms with Crippen LogP contribution in [0.15, 0.2) is 34.9 Å². The molecule has 2 heterocycles. The van der Waals surface area contributed by atoms with E-state index < -0.39 is 0 Å². The van der Waals surface area contributed by atoms with Gasteiger partial charge in [0, 0.05) is 24.7 Å². The Morgan fingerprint density at radius 2 is 1.96 bits per heavy atom. The molecule has 1 N–H and O–H groups in total. The summed E-state index contributed by atoms with van der Waals surface area (Å²) in [6, 6.07) is 9.50. The van der Waals surface area contributed by atoms with Crippen LogP contribution in [0, 0.1) is 6.92 Å². The fourth-order valence-corrected chi connectivity index (χ4v) is 3.11. The lowest BCUT2D eigenvalue weighted by molar-refractivity contribution is 0.0859. The Labute approximate surface area is 152 Å². The van der Waals surface area contributed by atoms with Crippen LogP contribution in [-0.4, -0.2) is 47.8 Å². The number of carbonyl (C=O) groups is 2. The number of aryl methyl sites for hydroxylation is 1. The zero-order valence-electron chi connectivity index (χ0n) is 15.0. The summed E-state index contributed by atoms with van der Waals surface area (Å²) in [7, 11) is 0. The van der Waals surface area contributed by atoms with Gasteiger partial charge in [-0.15, -0.1) is 0 Å². The SMILES string of the molecule is CCOC(=O)N1CCC(NC(=O)c2c(-c3ccccc3)noc2C)CC1. The summed E-state index contributed by atoms with van der Waals surface area (Å²) >= 11 is 0. The first kappa shape index (κ1) is 18.0. The number of ether oxygens (including phenoxy) is 1. The van der Waals surface area contributed by atoms with Crippen molar-refractivity contribution in [2.75, 3.05) is 19.7 Å². The van der Waals surface area contributed by atoms with Crippen LogP contribution in [0.5, 0.6) is 0 Å². The number of piperidine rings is 1. The predicted octanol–water partition coefficient (Wildman–Crippen LogP) is 3.00. The van der Waals surface area contributed by atoms with E-state index in [9.17, 15) is 9.59 Å². The molecule has 3 rings (SSSR count). The average molecular weight is 357 g/mol. The quantitative estimate of drug-likeness (QED) is 0.909. The highest BCUT2D eigenvalue weighted by atomic mass is 16.6. The molecule has 7 nitrogen and oxygen atoms in total. The van der Waals surface area contributed by atoms with Crippen LogP contribution in [-0.2, 0) is 4.74 Å². The highest BCUT2D eigenvalue weighted by Gasteiger charge is 2.27. The lowest BCUT2D eigenvalue weighted by Crippen LogP contribution is -2.46. The van der Waals surface area contributed by atoms with Crippen LogP contribution in [0.25, 0.3) is 11.3 Å². The van der Waals surface area contributed by atoms with E-state index in [2.05, 4.69) is 10.5 Å². The summed E-state index contributed by atoms with van der Waals surface area (Å²) in [6.07, 6.45) is 1.09. The van der Waals surface area contributed by atoms with Gasteiger partial charge in [0.15, 0.2) is 0 Å². The van der Waals surface area contributed by atoms with E-state index in [0.717, 1.165) is 5.56 Å². The van der Waals surface area contributed by atoms with Gasteiger partial charge in [0.25, 0.3) is 5.91 Å². The zero-order valence-corrected chi connectivity index (χ0v) is 15.0. The average Bonchev–Trinajstić information content (AvgIpc) is 3.05. The Bertz CT molecular complexity index is 764. The van der Waals surface area contributed by atoms with Crippen LogP contribution in [0.3, 0.4) is 0 Å². The summed E-state index contributed by atoms with van der Waals surface area (Å²) in [5.74, 6) is 0.294. The van der Waals surface area contributed by atoms with E-state index in [1.807, 2.05) is 30.3 Å². The summed E-state index contributed by atoms with van der Waals surface area (Å²) in [5.41, 5.74) is 1.85. The number of benzene rings is 1. The lowest BCUT2D eigenvalue weighted by atomic mass is 10.0. The lowest BCUT2D eigenvalue weighted by Gasteiger charge is -2.31. The van der Waals surface area contributed by atoms with Crippen LogP contribution in [0.1, 0.15) is 35.9 Å². The molecule has 1 saturated heterocycles. The predicted molar refractivity (Wildman–Crippen MR) is 95.8 cm³/mol. The molecule has 0 saturated carbocycles. The van der Waals surface area contributed by atoms with Gasteiger partial charge in [0.1, 0.15) is 17.0 Å². The maximum absolute atomic E-state index is 12.8. The van der Waals surface area contributed by atoms with Gasteiger partial charge in [-0.1, -0.05) is 35.5 Å². The van der Waals surface area contributed by atoms with E-state index in [0.29, 0.717) is 49.6 Å².